The number of methoxy groups -OCH3 is 1. The Kier molecular flexibility index (Phi) is 4.76. The standard InChI is InChI=1S/C13H14N2O3/c1-3-4-11(13(16)17)15-12-7-10(18-2)6-5-9(12)8-14/h3,5-7,11,15H,1,4H2,2H3,(H,16,17). The summed E-state index contributed by atoms with van der Waals surface area (Å²) in [5.41, 5.74) is 0.803. The third-order valence-electron chi connectivity index (χ3n) is 2.38. The zero-order chi connectivity index (χ0) is 13.5. The number of hydrogen-bond acceptors (Lipinski definition) is 4. The molecule has 5 nitrogen and oxygen atoms in total. The molecule has 1 aromatic carbocycles. The Labute approximate surface area is 105 Å². The highest BCUT2D eigenvalue weighted by Gasteiger charge is 2.17. The average Bonchev–Trinajstić information content (AvgIpc) is 2.37. The number of aliphatic carboxylic acids is 1. The third-order valence-corrected chi connectivity index (χ3v) is 2.38. The summed E-state index contributed by atoms with van der Waals surface area (Å²) in [6.45, 7) is 3.51. The topological polar surface area (TPSA) is 82.3 Å². The lowest BCUT2D eigenvalue weighted by molar-refractivity contribution is -0.137. The van der Waals surface area contributed by atoms with Gasteiger partial charge in [0.15, 0.2) is 0 Å². The molecule has 0 aliphatic rings. The van der Waals surface area contributed by atoms with Gasteiger partial charge in [-0.05, 0) is 18.6 Å². The van der Waals surface area contributed by atoms with Crippen LogP contribution in [0.5, 0.6) is 5.75 Å². The van der Waals surface area contributed by atoms with Crippen LogP contribution in [0.25, 0.3) is 0 Å². The molecule has 0 saturated carbocycles. The minimum atomic E-state index is -0.999. The van der Waals surface area contributed by atoms with E-state index in [4.69, 9.17) is 15.1 Å². The van der Waals surface area contributed by atoms with Gasteiger partial charge in [0.1, 0.15) is 17.9 Å². The first-order chi connectivity index (χ1) is 8.62. The van der Waals surface area contributed by atoms with Crippen LogP contribution >= 0.6 is 0 Å². The molecule has 1 rings (SSSR count). The van der Waals surface area contributed by atoms with E-state index in [-0.39, 0.29) is 6.42 Å². The van der Waals surface area contributed by atoms with Crippen LogP contribution in [-0.4, -0.2) is 24.2 Å². The highest BCUT2D eigenvalue weighted by molar-refractivity contribution is 5.78. The van der Waals surface area contributed by atoms with E-state index in [1.165, 1.54) is 13.2 Å². The summed E-state index contributed by atoms with van der Waals surface area (Å²) in [4.78, 5) is 11.0. The van der Waals surface area contributed by atoms with Gasteiger partial charge in [0.2, 0.25) is 0 Å². The summed E-state index contributed by atoms with van der Waals surface area (Å²) >= 11 is 0. The van der Waals surface area contributed by atoms with Gasteiger partial charge in [-0.1, -0.05) is 6.08 Å². The second-order valence-corrected chi connectivity index (χ2v) is 3.58. The summed E-state index contributed by atoms with van der Waals surface area (Å²) in [7, 11) is 1.50. The highest BCUT2D eigenvalue weighted by atomic mass is 16.5. The molecule has 0 amide bonds. The molecule has 2 N–H and O–H groups in total. The predicted molar refractivity (Wildman–Crippen MR) is 67.6 cm³/mol. The Morgan fingerprint density at radius 3 is 2.94 bits per heavy atom. The fourth-order valence-electron chi connectivity index (χ4n) is 1.44. The van der Waals surface area contributed by atoms with Crippen molar-refractivity contribution in [3.05, 3.63) is 36.4 Å². The SMILES string of the molecule is C=CCC(Nc1cc(OC)ccc1C#N)C(=O)O. The maximum atomic E-state index is 11.0. The molecule has 94 valence electrons. The van der Waals surface area contributed by atoms with E-state index in [0.717, 1.165) is 0 Å². The zero-order valence-electron chi connectivity index (χ0n) is 10.0. The van der Waals surface area contributed by atoms with Crippen LogP contribution in [0, 0.1) is 11.3 Å². The largest absolute Gasteiger partial charge is 0.497 e. The summed E-state index contributed by atoms with van der Waals surface area (Å²) in [5, 5.41) is 20.8. The Morgan fingerprint density at radius 2 is 2.44 bits per heavy atom. The lowest BCUT2D eigenvalue weighted by Crippen LogP contribution is -2.28. The van der Waals surface area contributed by atoms with Crippen molar-refractivity contribution in [1.82, 2.24) is 0 Å². The summed E-state index contributed by atoms with van der Waals surface area (Å²) in [6.07, 6.45) is 1.77. The van der Waals surface area contributed by atoms with Crippen molar-refractivity contribution >= 4 is 11.7 Å². The molecule has 18 heavy (non-hydrogen) atoms. The number of carboxylic acids is 1. The van der Waals surface area contributed by atoms with Gasteiger partial charge >= 0.3 is 5.97 Å². The molecule has 0 saturated heterocycles. The quantitative estimate of drug-likeness (QED) is 0.750. The Morgan fingerprint density at radius 1 is 1.72 bits per heavy atom. The Hall–Kier alpha value is -2.48. The van der Waals surface area contributed by atoms with Crippen LogP contribution in [0.1, 0.15) is 12.0 Å². The van der Waals surface area contributed by atoms with Gasteiger partial charge in [-0.3, -0.25) is 0 Å². The molecule has 0 heterocycles. The van der Waals surface area contributed by atoms with Gasteiger partial charge in [-0.2, -0.15) is 5.26 Å². The van der Waals surface area contributed by atoms with Crippen molar-refractivity contribution in [2.75, 3.05) is 12.4 Å². The molecule has 0 radical (unpaired) electrons. The number of nitrogens with zero attached hydrogens (tertiary/aromatic N) is 1. The maximum absolute atomic E-state index is 11.0. The van der Waals surface area contributed by atoms with Crippen molar-refractivity contribution < 1.29 is 14.6 Å². The molecule has 0 fully saturated rings. The lowest BCUT2D eigenvalue weighted by atomic mass is 10.1. The summed E-state index contributed by atoms with van der Waals surface area (Å²) < 4.78 is 5.04. The first kappa shape index (κ1) is 13.6. The molecule has 0 spiro atoms. The minimum Gasteiger partial charge on any atom is -0.497 e. The van der Waals surface area contributed by atoms with Gasteiger partial charge in [0.25, 0.3) is 0 Å². The van der Waals surface area contributed by atoms with Gasteiger partial charge in [-0.25, -0.2) is 4.79 Å². The van der Waals surface area contributed by atoms with E-state index in [2.05, 4.69) is 11.9 Å². The maximum Gasteiger partial charge on any atom is 0.326 e. The molecule has 0 aliphatic carbocycles. The summed E-state index contributed by atoms with van der Waals surface area (Å²) in [5.74, 6) is -0.444. The number of carbonyl (C=O) groups is 1. The fourth-order valence-corrected chi connectivity index (χ4v) is 1.44. The number of carboxylic acid groups (broad SMARTS) is 1. The van der Waals surface area contributed by atoms with Crippen molar-refractivity contribution in [2.24, 2.45) is 0 Å². The van der Waals surface area contributed by atoms with Crippen molar-refractivity contribution in [3.63, 3.8) is 0 Å². The van der Waals surface area contributed by atoms with Crippen molar-refractivity contribution in [3.8, 4) is 11.8 Å². The molecule has 1 atom stereocenters. The third kappa shape index (κ3) is 3.25. The minimum absolute atomic E-state index is 0.261. The van der Waals surface area contributed by atoms with Crippen LogP contribution < -0.4 is 10.1 Å². The second-order valence-electron chi connectivity index (χ2n) is 3.58. The number of rotatable bonds is 6. The number of ether oxygens (including phenoxy) is 1. The normalized spacial score (nSPS) is 11.1. The number of hydrogen-bond donors (Lipinski definition) is 2. The fraction of sp³-hybridized carbons (Fsp3) is 0.231. The summed E-state index contributed by atoms with van der Waals surface area (Å²) in [6, 6.07) is 6.00. The van der Waals surface area contributed by atoms with Crippen LogP contribution in [0.2, 0.25) is 0 Å². The molecule has 1 aromatic rings. The number of benzene rings is 1. The monoisotopic (exact) mass is 246 g/mol. The Bertz CT molecular complexity index is 491. The van der Waals surface area contributed by atoms with Gasteiger partial charge in [0.05, 0.1) is 18.4 Å². The first-order valence-electron chi connectivity index (χ1n) is 5.30. The zero-order valence-corrected chi connectivity index (χ0v) is 10.0. The van der Waals surface area contributed by atoms with Gasteiger partial charge < -0.3 is 15.2 Å². The average molecular weight is 246 g/mol. The molecule has 0 aliphatic heterocycles. The predicted octanol–water partition coefficient (Wildman–Crippen LogP) is 2.01. The molecular formula is C13H14N2O3. The number of nitriles is 1. The van der Waals surface area contributed by atoms with E-state index < -0.39 is 12.0 Å². The van der Waals surface area contributed by atoms with Crippen LogP contribution in [-0.2, 0) is 4.79 Å². The molecule has 0 aromatic heterocycles. The van der Waals surface area contributed by atoms with E-state index in [0.29, 0.717) is 17.0 Å². The molecule has 0 bridgehead atoms. The van der Waals surface area contributed by atoms with E-state index >= 15 is 0 Å². The van der Waals surface area contributed by atoms with Crippen molar-refractivity contribution in [2.45, 2.75) is 12.5 Å². The van der Waals surface area contributed by atoms with Crippen LogP contribution in [0.3, 0.4) is 0 Å². The number of nitrogens with one attached hydrogen (secondary N) is 1. The highest BCUT2D eigenvalue weighted by Crippen LogP contribution is 2.23. The van der Waals surface area contributed by atoms with Crippen LogP contribution in [0.4, 0.5) is 5.69 Å². The Balaban J connectivity index is 3.03. The van der Waals surface area contributed by atoms with E-state index in [9.17, 15) is 4.79 Å². The second kappa shape index (κ2) is 6.30. The molecule has 1 unspecified atom stereocenters. The van der Waals surface area contributed by atoms with Crippen LogP contribution in [0.15, 0.2) is 30.9 Å². The lowest BCUT2D eigenvalue weighted by Gasteiger charge is -2.15. The number of anilines is 1. The van der Waals surface area contributed by atoms with Gasteiger partial charge in [0, 0.05) is 6.07 Å². The van der Waals surface area contributed by atoms with Crippen molar-refractivity contribution in [1.29, 1.82) is 5.26 Å². The first-order valence-corrected chi connectivity index (χ1v) is 5.30. The molecular weight excluding hydrogens is 232 g/mol. The van der Waals surface area contributed by atoms with E-state index in [1.807, 2.05) is 6.07 Å². The molecule has 5 heteroatoms. The van der Waals surface area contributed by atoms with E-state index in [1.54, 1.807) is 18.2 Å². The van der Waals surface area contributed by atoms with Gasteiger partial charge in [-0.15, -0.1) is 6.58 Å². The smallest absolute Gasteiger partial charge is 0.326 e.